The van der Waals surface area contributed by atoms with Crippen LogP contribution in [0.1, 0.15) is 30.8 Å². The van der Waals surface area contributed by atoms with Gasteiger partial charge in [0.15, 0.2) is 0 Å². The average Bonchev–Trinajstić information content (AvgIpc) is 3.24. The van der Waals surface area contributed by atoms with Gasteiger partial charge in [0, 0.05) is 32.3 Å². The highest BCUT2D eigenvalue weighted by Gasteiger charge is 2.49. The van der Waals surface area contributed by atoms with Gasteiger partial charge in [-0.3, -0.25) is 9.48 Å². The molecule has 1 fully saturated rings. The first-order valence-corrected chi connectivity index (χ1v) is 10.7. The Labute approximate surface area is 164 Å². The van der Waals surface area contributed by atoms with E-state index in [-0.39, 0.29) is 23.4 Å². The predicted octanol–water partition coefficient (Wildman–Crippen LogP) is 1.50. The second-order valence-electron chi connectivity index (χ2n) is 7.73. The number of aryl methyl sites for hydroxylation is 1. The summed E-state index contributed by atoms with van der Waals surface area (Å²) in [5, 5.41) is 4.19. The molecule has 9 heteroatoms. The molecule has 1 amide bonds. The van der Waals surface area contributed by atoms with Gasteiger partial charge in [0.1, 0.15) is 21.9 Å². The van der Waals surface area contributed by atoms with Crippen molar-refractivity contribution in [3.63, 3.8) is 0 Å². The number of benzene rings is 1. The molecule has 1 aromatic heterocycles. The Morgan fingerprint density at radius 2 is 1.96 bits per heavy atom. The third-order valence-corrected chi connectivity index (χ3v) is 7.38. The number of ether oxygens (including phenoxy) is 1. The molecule has 0 aliphatic carbocycles. The van der Waals surface area contributed by atoms with Crippen LogP contribution in [-0.2, 0) is 17.1 Å². The van der Waals surface area contributed by atoms with Crippen LogP contribution in [0.4, 0.5) is 0 Å². The fourth-order valence-corrected chi connectivity index (χ4v) is 5.72. The molecule has 28 heavy (non-hydrogen) atoms. The monoisotopic (exact) mass is 404 g/mol. The van der Waals surface area contributed by atoms with Crippen LogP contribution in [0.15, 0.2) is 41.4 Å². The molecule has 4 rings (SSSR count). The van der Waals surface area contributed by atoms with E-state index in [1.165, 1.54) is 4.31 Å². The normalized spacial score (nSPS) is 24.2. The summed E-state index contributed by atoms with van der Waals surface area (Å²) in [5.74, 6) is 0.176. The maximum Gasteiger partial charge on any atom is 0.274 e. The Balaban J connectivity index is 1.69. The number of hydrogen-bond donors (Lipinski definition) is 0. The van der Waals surface area contributed by atoms with Gasteiger partial charge in [-0.05, 0) is 32.0 Å². The van der Waals surface area contributed by atoms with Gasteiger partial charge >= 0.3 is 0 Å². The molecule has 8 nitrogen and oxygen atoms in total. The quantitative estimate of drug-likeness (QED) is 0.757. The maximum absolute atomic E-state index is 13.2. The lowest BCUT2D eigenvalue weighted by atomic mass is 10.0. The molecule has 2 aromatic rings. The fraction of sp³-hybridized carbons (Fsp3) is 0.474. The van der Waals surface area contributed by atoms with E-state index in [9.17, 15) is 13.2 Å². The second-order valence-corrected chi connectivity index (χ2v) is 9.59. The van der Waals surface area contributed by atoms with Crippen molar-refractivity contribution in [2.75, 3.05) is 19.6 Å². The molecule has 0 saturated carbocycles. The first-order valence-electron chi connectivity index (χ1n) is 9.31. The Morgan fingerprint density at radius 1 is 1.21 bits per heavy atom. The summed E-state index contributed by atoms with van der Waals surface area (Å²) in [6, 6.07) is 8.17. The molecule has 1 spiro atoms. The van der Waals surface area contributed by atoms with Crippen molar-refractivity contribution in [2.24, 2.45) is 7.05 Å². The van der Waals surface area contributed by atoms with Crippen molar-refractivity contribution in [3.8, 4) is 5.75 Å². The summed E-state index contributed by atoms with van der Waals surface area (Å²) in [6.07, 6.45) is 2.28. The summed E-state index contributed by atoms with van der Waals surface area (Å²) in [7, 11) is -1.92. The third-order valence-electron chi connectivity index (χ3n) is 5.32. The Kier molecular flexibility index (Phi) is 4.46. The summed E-state index contributed by atoms with van der Waals surface area (Å²) in [5.41, 5.74) is -0.407. The van der Waals surface area contributed by atoms with Crippen molar-refractivity contribution in [2.45, 2.75) is 36.8 Å². The van der Waals surface area contributed by atoms with Crippen LogP contribution < -0.4 is 4.74 Å². The number of carbonyl (C=O) groups excluding carboxylic acids is 1. The lowest BCUT2D eigenvalue weighted by Crippen LogP contribution is -2.51. The molecule has 1 aromatic carbocycles. The Morgan fingerprint density at radius 3 is 2.64 bits per heavy atom. The van der Waals surface area contributed by atoms with E-state index in [0.29, 0.717) is 31.0 Å². The lowest BCUT2D eigenvalue weighted by Gasteiger charge is -2.33. The highest BCUT2D eigenvalue weighted by atomic mass is 32.2. The number of para-hydroxylation sites is 1. The fourth-order valence-electron chi connectivity index (χ4n) is 3.89. The first kappa shape index (κ1) is 18.9. The SMILES string of the molecule is CC(C)N1C[C@]2(CCN(C(=O)c3ccn(C)n3)C2)Oc2ccccc2S1(=O)=O. The molecule has 0 radical (unpaired) electrons. The molecule has 150 valence electrons. The van der Waals surface area contributed by atoms with Gasteiger partial charge in [-0.15, -0.1) is 0 Å². The van der Waals surface area contributed by atoms with E-state index in [0.717, 1.165) is 0 Å². The molecule has 0 unspecified atom stereocenters. The van der Waals surface area contributed by atoms with Crippen LogP contribution in [0, 0.1) is 0 Å². The van der Waals surface area contributed by atoms with Crippen LogP contribution in [0.5, 0.6) is 5.75 Å². The first-order chi connectivity index (χ1) is 13.2. The van der Waals surface area contributed by atoms with Gasteiger partial charge in [0.2, 0.25) is 10.0 Å². The van der Waals surface area contributed by atoms with Crippen molar-refractivity contribution in [3.05, 3.63) is 42.2 Å². The van der Waals surface area contributed by atoms with Crippen LogP contribution >= 0.6 is 0 Å². The largest absolute Gasteiger partial charge is 0.483 e. The summed E-state index contributed by atoms with van der Waals surface area (Å²) in [6.45, 7) is 4.71. The summed E-state index contributed by atoms with van der Waals surface area (Å²) in [4.78, 5) is 14.7. The van der Waals surface area contributed by atoms with Gasteiger partial charge in [0.05, 0.1) is 13.1 Å². The second kappa shape index (κ2) is 6.59. The van der Waals surface area contributed by atoms with Crippen molar-refractivity contribution in [1.82, 2.24) is 19.0 Å². The highest BCUT2D eigenvalue weighted by Crippen LogP contribution is 2.39. The van der Waals surface area contributed by atoms with E-state index in [1.54, 1.807) is 53.2 Å². The molecule has 0 bridgehead atoms. The van der Waals surface area contributed by atoms with E-state index >= 15 is 0 Å². The summed E-state index contributed by atoms with van der Waals surface area (Å²) < 4.78 is 35.8. The minimum Gasteiger partial charge on any atom is -0.483 e. The van der Waals surface area contributed by atoms with Crippen LogP contribution in [0.3, 0.4) is 0 Å². The molecule has 3 heterocycles. The van der Waals surface area contributed by atoms with Crippen LogP contribution in [0.25, 0.3) is 0 Å². The van der Waals surface area contributed by atoms with Gasteiger partial charge < -0.3 is 9.64 Å². The molecule has 0 N–H and O–H groups in total. The maximum atomic E-state index is 13.2. The lowest BCUT2D eigenvalue weighted by molar-refractivity contribution is 0.0482. The zero-order valence-electron chi connectivity index (χ0n) is 16.2. The number of sulfonamides is 1. The Hall–Kier alpha value is -2.39. The van der Waals surface area contributed by atoms with Gasteiger partial charge in [0.25, 0.3) is 5.91 Å². The smallest absolute Gasteiger partial charge is 0.274 e. The molecule has 2 aliphatic rings. The topological polar surface area (TPSA) is 84.7 Å². The van der Waals surface area contributed by atoms with Crippen molar-refractivity contribution >= 4 is 15.9 Å². The van der Waals surface area contributed by atoms with Gasteiger partial charge in [-0.2, -0.15) is 9.40 Å². The number of fused-ring (bicyclic) bond motifs is 1. The Bertz CT molecular complexity index is 1020. The third kappa shape index (κ3) is 3.08. The van der Waals surface area contributed by atoms with Crippen LogP contribution in [0.2, 0.25) is 0 Å². The van der Waals surface area contributed by atoms with Crippen molar-refractivity contribution < 1.29 is 17.9 Å². The van der Waals surface area contributed by atoms with Crippen molar-refractivity contribution in [1.29, 1.82) is 0 Å². The minimum atomic E-state index is -3.68. The van der Waals surface area contributed by atoms with Gasteiger partial charge in [-0.25, -0.2) is 8.42 Å². The number of aromatic nitrogens is 2. The molecule has 2 aliphatic heterocycles. The average molecular weight is 404 g/mol. The number of hydrogen-bond acceptors (Lipinski definition) is 5. The summed E-state index contributed by atoms with van der Waals surface area (Å²) >= 11 is 0. The van der Waals surface area contributed by atoms with Gasteiger partial charge in [-0.1, -0.05) is 12.1 Å². The molecule has 1 atom stereocenters. The predicted molar refractivity (Wildman–Crippen MR) is 103 cm³/mol. The number of nitrogens with zero attached hydrogens (tertiary/aromatic N) is 4. The number of carbonyl (C=O) groups is 1. The molecule has 1 saturated heterocycles. The standard InChI is InChI=1S/C19H24N4O4S/c1-14(2)23-13-19(27-16-6-4-5-7-17(16)28(23,25)26)9-11-22(12-19)18(24)15-8-10-21(3)20-15/h4-8,10,14H,9,11-13H2,1-3H3/t19-/m1/s1. The van der Waals surface area contributed by atoms with E-state index in [1.807, 2.05) is 13.8 Å². The van der Waals surface area contributed by atoms with E-state index in [4.69, 9.17) is 4.74 Å². The van der Waals surface area contributed by atoms with E-state index in [2.05, 4.69) is 5.10 Å². The number of amides is 1. The van der Waals surface area contributed by atoms with E-state index < -0.39 is 15.6 Å². The highest BCUT2D eigenvalue weighted by molar-refractivity contribution is 7.89. The zero-order chi connectivity index (χ0) is 20.1. The molecular formula is C19H24N4O4S. The zero-order valence-corrected chi connectivity index (χ0v) is 17.0. The minimum absolute atomic E-state index is 0.169. The van der Waals surface area contributed by atoms with Crippen LogP contribution in [-0.4, -0.2) is 64.6 Å². The molecular weight excluding hydrogens is 380 g/mol. The number of rotatable bonds is 2. The number of likely N-dealkylation sites (tertiary alicyclic amines) is 1.